The van der Waals surface area contributed by atoms with E-state index in [9.17, 15) is 13.9 Å². The lowest BCUT2D eigenvalue weighted by Gasteiger charge is -2.42. The Morgan fingerprint density at radius 1 is 1.21 bits per heavy atom. The molecule has 1 aliphatic rings. The molecular weight excluding hydrogens is 246 g/mol. The molecular formula is C16H22F2O. The Balaban J connectivity index is 2.33. The largest absolute Gasteiger partial charge is 0.393 e. The van der Waals surface area contributed by atoms with Crippen LogP contribution in [0.3, 0.4) is 0 Å². The smallest absolute Gasteiger partial charge is 0.127 e. The minimum atomic E-state index is -0.564. The molecule has 1 saturated carbocycles. The number of aliphatic hydroxyl groups excluding tert-OH is 1. The van der Waals surface area contributed by atoms with Crippen molar-refractivity contribution < 1.29 is 13.9 Å². The maximum Gasteiger partial charge on any atom is 0.127 e. The lowest BCUT2D eigenvalue weighted by molar-refractivity contribution is 0.0134. The fourth-order valence-electron chi connectivity index (χ4n) is 3.38. The van der Waals surface area contributed by atoms with E-state index in [1.54, 1.807) is 0 Å². The van der Waals surface area contributed by atoms with Gasteiger partial charge in [0.25, 0.3) is 0 Å². The Morgan fingerprint density at radius 3 is 2.53 bits per heavy atom. The van der Waals surface area contributed by atoms with Gasteiger partial charge in [0.2, 0.25) is 0 Å². The second kappa shape index (κ2) is 5.20. The molecule has 0 aliphatic heterocycles. The lowest BCUT2D eigenvalue weighted by Crippen LogP contribution is -2.41. The first-order chi connectivity index (χ1) is 8.82. The van der Waals surface area contributed by atoms with Crippen LogP contribution in [0, 0.1) is 23.5 Å². The van der Waals surface area contributed by atoms with Crippen LogP contribution in [-0.2, 0) is 5.41 Å². The molecule has 1 aromatic carbocycles. The summed E-state index contributed by atoms with van der Waals surface area (Å²) < 4.78 is 27.4. The predicted molar refractivity (Wildman–Crippen MR) is 71.9 cm³/mol. The van der Waals surface area contributed by atoms with Crippen LogP contribution in [0.25, 0.3) is 0 Å². The molecule has 1 nitrogen and oxygen atoms in total. The number of halogens is 2. The first kappa shape index (κ1) is 14.4. The molecule has 0 bridgehead atoms. The first-order valence-corrected chi connectivity index (χ1v) is 6.96. The zero-order valence-corrected chi connectivity index (χ0v) is 11.8. The summed E-state index contributed by atoms with van der Waals surface area (Å²) >= 11 is 0. The van der Waals surface area contributed by atoms with Gasteiger partial charge >= 0.3 is 0 Å². The molecule has 0 radical (unpaired) electrons. The number of benzene rings is 1. The van der Waals surface area contributed by atoms with Crippen molar-refractivity contribution in [1.82, 2.24) is 0 Å². The molecule has 3 atom stereocenters. The second-order valence-electron chi connectivity index (χ2n) is 6.44. The van der Waals surface area contributed by atoms with E-state index in [2.05, 4.69) is 6.92 Å². The molecule has 1 N–H and O–H groups in total. The molecule has 3 heteroatoms. The Kier molecular flexibility index (Phi) is 3.95. The average molecular weight is 268 g/mol. The maximum absolute atomic E-state index is 14.0. The highest BCUT2D eigenvalue weighted by Gasteiger charge is 2.40. The summed E-state index contributed by atoms with van der Waals surface area (Å²) in [5.41, 5.74) is -0.197. The van der Waals surface area contributed by atoms with E-state index in [4.69, 9.17) is 0 Å². The summed E-state index contributed by atoms with van der Waals surface area (Å²) in [7, 11) is 0. The third kappa shape index (κ3) is 2.81. The van der Waals surface area contributed by atoms with Crippen molar-refractivity contribution in [1.29, 1.82) is 0 Å². The minimum Gasteiger partial charge on any atom is -0.393 e. The summed E-state index contributed by atoms with van der Waals surface area (Å²) in [6.45, 7) is 5.92. The van der Waals surface area contributed by atoms with Crippen LogP contribution in [0.2, 0.25) is 0 Å². The van der Waals surface area contributed by atoms with Gasteiger partial charge in [0.05, 0.1) is 6.10 Å². The molecule has 1 fully saturated rings. The Bertz CT molecular complexity index is 456. The number of hydrogen-bond acceptors (Lipinski definition) is 1. The summed E-state index contributed by atoms with van der Waals surface area (Å²) in [5.74, 6) is -0.347. The van der Waals surface area contributed by atoms with E-state index in [-0.39, 0.29) is 5.92 Å². The molecule has 3 unspecified atom stereocenters. The molecule has 0 saturated heterocycles. The summed E-state index contributed by atoms with van der Waals surface area (Å²) in [6, 6.07) is 3.57. The minimum absolute atomic E-state index is 0.0278. The van der Waals surface area contributed by atoms with Crippen LogP contribution in [0.1, 0.15) is 45.6 Å². The SMILES string of the molecule is CC1CCC(C(C)(C)c2cc(F)ccc2F)C(O)C1. The van der Waals surface area contributed by atoms with Crippen molar-refractivity contribution in [3.05, 3.63) is 35.4 Å². The van der Waals surface area contributed by atoms with Gasteiger partial charge in [-0.3, -0.25) is 0 Å². The van der Waals surface area contributed by atoms with Gasteiger partial charge in [0.15, 0.2) is 0 Å². The molecule has 0 spiro atoms. The van der Waals surface area contributed by atoms with Gasteiger partial charge in [0.1, 0.15) is 11.6 Å². The molecule has 106 valence electrons. The standard InChI is InChI=1S/C16H22F2O/c1-10-4-6-12(15(19)8-10)16(2,3)13-9-11(17)5-7-14(13)18/h5,7,9-10,12,15,19H,4,6,8H2,1-3H3. The summed E-state index contributed by atoms with van der Waals surface area (Å²) in [6.07, 6.45) is 2.18. The number of hydrogen-bond donors (Lipinski definition) is 1. The van der Waals surface area contributed by atoms with Gasteiger partial charge in [-0.25, -0.2) is 8.78 Å². The molecule has 0 aromatic heterocycles. The predicted octanol–water partition coefficient (Wildman–Crippen LogP) is 4.04. The van der Waals surface area contributed by atoms with Crippen LogP contribution >= 0.6 is 0 Å². The normalized spacial score (nSPS) is 28.4. The van der Waals surface area contributed by atoms with Gasteiger partial charge in [-0.05, 0) is 53.9 Å². The monoisotopic (exact) mass is 268 g/mol. The van der Waals surface area contributed by atoms with Crippen LogP contribution in [0.15, 0.2) is 18.2 Å². The highest BCUT2D eigenvalue weighted by Crippen LogP contribution is 2.43. The molecule has 0 heterocycles. The number of rotatable bonds is 2. The third-order valence-corrected chi connectivity index (χ3v) is 4.63. The summed E-state index contributed by atoms with van der Waals surface area (Å²) in [4.78, 5) is 0. The average Bonchev–Trinajstić information content (AvgIpc) is 2.31. The third-order valence-electron chi connectivity index (χ3n) is 4.63. The molecule has 1 aliphatic carbocycles. The van der Waals surface area contributed by atoms with E-state index in [0.29, 0.717) is 11.5 Å². The van der Waals surface area contributed by atoms with Crippen molar-refractivity contribution in [2.75, 3.05) is 0 Å². The first-order valence-electron chi connectivity index (χ1n) is 6.96. The second-order valence-corrected chi connectivity index (χ2v) is 6.44. The van der Waals surface area contributed by atoms with Crippen LogP contribution in [0.4, 0.5) is 8.78 Å². The number of aliphatic hydroxyl groups is 1. The molecule has 0 amide bonds. The lowest BCUT2D eigenvalue weighted by atomic mass is 9.64. The fraction of sp³-hybridized carbons (Fsp3) is 0.625. The maximum atomic E-state index is 14.0. The van der Waals surface area contributed by atoms with E-state index in [1.165, 1.54) is 12.1 Å². The Morgan fingerprint density at radius 2 is 1.89 bits per heavy atom. The van der Waals surface area contributed by atoms with E-state index in [0.717, 1.165) is 25.3 Å². The molecule has 2 rings (SSSR count). The Hall–Kier alpha value is -0.960. The van der Waals surface area contributed by atoms with Crippen molar-refractivity contribution in [2.24, 2.45) is 11.8 Å². The van der Waals surface area contributed by atoms with E-state index >= 15 is 0 Å². The topological polar surface area (TPSA) is 20.2 Å². The molecule has 1 aromatic rings. The zero-order chi connectivity index (χ0) is 14.2. The highest BCUT2D eigenvalue weighted by atomic mass is 19.1. The van der Waals surface area contributed by atoms with Gasteiger partial charge in [-0.1, -0.05) is 27.2 Å². The van der Waals surface area contributed by atoms with E-state index in [1.807, 2.05) is 13.8 Å². The van der Waals surface area contributed by atoms with Crippen LogP contribution in [0.5, 0.6) is 0 Å². The van der Waals surface area contributed by atoms with Crippen molar-refractivity contribution in [3.63, 3.8) is 0 Å². The van der Waals surface area contributed by atoms with Crippen LogP contribution < -0.4 is 0 Å². The van der Waals surface area contributed by atoms with Gasteiger partial charge in [0, 0.05) is 0 Å². The zero-order valence-electron chi connectivity index (χ0n) is 11.8. The van der Waals surface area contributed by atoms with Gasteiger partial charge < -0.3 is 5.11 Å². The Labute approximate surface area is 113 Å². The highest BCUT2D eigenvalue weighted by molar-refractivity contribution is 5.28. The van der Waals surface area contributed by atoms with Gasteiger partial charge in [-0.15, -0.1) is 0 Å². The van der Waals surface area contributed by atoms with Gasteiger partial charge in [-0.2, -0.15) is 0 Å². The van der Waals surface area contributed by atoms with Crippen molar-refractivity contribution >= 4 is 0 Å². The van der Waals surface area contributed by atoms with E-state index < -0.39 is 23.2 Å². The fourth-order valence-corrected chi connectivity index (χ4v) is 3.38. The quantitative estimate of drug-likeness (QED) is 0.858. The van der Waals surface area contributed by atoms with Crippen molar-refractivity contribution in [2.45, 2.75) is 51.6 Å². The summed E-state index contributed by atoms with van der Waals surface area (Å²) in [5, 5.41) is 10.3. The molecule has 19 heavy (non-hydrogen) atoms. The van der Waals surface area contributed by atoms with Crippen LogP contribution in [-0.4, -0.2) is 11.2 Å². The van der Waals surface area contributed by atoms with Crippen molar-refractivity contribution in [3.8, 4) is 0 Å².